The second kappa shape index (κ2) is 10.0. The Bertz CT molecular complexity index is 1220. The van der Waals surface area contributed by atoms with Crippen molar-refractivity contribution in [2.24, 2.45) is 0 Å². The number of benzene rings is 1. The van der Waals surface area contributed by atoms with E-state index in [-0.39, 0.29) is 11.6 Å². The number of ether oxygens (including phenoxy) is 1. The summed E-state index contributed by atoms with van der Waals surface area (Å²) >= 11 is 6.82. The fraction of sp³-hybridized carbons (Fsp3) is 0.607. The van der Waals surface area contributed by atoms with Crippen molar-refractivity contribution in [3.8, 4) is 12.1 Å². The van der Waals surface area contributed by atoms with Crippen LogP contribution in [0.1, 0.15) is 48.1 Å². The van der Waals surface area contributed by atoms with Gasteiger partial charge in [-0.3, -0.25) is 4.90 Å². The normalized spacial score (nSPS) is 27.8. The molecule has 2 fully saturated rings. The third kappa shape index (κ3) is 4.46. The van der Waals surface area contributed by atoms with Crippen LogP contribution in [0.3, 0.4) is 0 Å². The molecule has 37 heavy (non-hydrogen) atoms. The number of likely N-dealkylation sites (tertiary alicyclic amines) is 1. The lowest BCUT2D eigenvalue weighted by molar-refractivity contribution is 0.0922. The average molecular weight is 522 g/mol. The number of halogens is 1. The van der Waals surface area contributed by atoms with Crippen molar-refractivity contribution in [3.63, 3.8) is 0 Å². The first kappa shape index (κ1) is 24.9. The van der Waals surface area contributed by atoms with Gasteiger partial charge in [0.05, 0.1) is 23.7 Å². The number of hydrogen-bond acceptors (Lipinski definition) is 8. The smallest absolute Gasteiger partial charge is 0.318 e. The first-order valence-corrected chi connectivity index (χ1v) is 13.9. The molecule has 8 nitrogen and oxygen atoms in total. The topological polar surface area (TPSA) is 80.5 Å². The van der Waals surface area contributed by atoms with Gasteiger partial charge in [-0.2, -0.15) is 15.2 Å². The number of likely N-dealkylation sites (N-methyl/N-ethyl adjacent to an activating group) is 2. The first-order valence-electron chi connectivity index (χ1n) is 13.6. The van der Waals surface area contributed by atoms with E-state index in [0.717, 1.165) is 74.9 Å². The SMILES string of the molecule is CN1CCC[C@H]1COc1nc2c(c(N3CCN[C@@H](CC#N)C3)n1)CN(C)C1(CCc3cccc(Cl)c31)C2. The molecule has 9 heteroatoms. The lowest BCUT2D eigenvalue weighted by atomic mass is 9.81. The summed E-state index contributed by atoms with van der Waals surface area (Å²) < 4.78 is 6.31. The number of nitrogens with zero attached hydrogens (tertiary/aromatic N) is 6. The van der Waals surface area contributed by atoms with Gasteiger partial charge in [0.2, 0.25) is 0 Å². The molecule has 0 saturated carbocycles. The van der Waals surface area contributed by atoms with Gasteiger partial charge in [-0.1, -0.05) is 23.7 Å². The van der Waals surface area contributed by atoms with Gasteiger partial charge < -0.3 is 19.9 Å². The Morgan fingerprint density at radius 1 is 1.27 bits per heavy atom. The molecule has 196 valence electrons. The van der Waals surface area contributed by atoms with Crippen LogP contribution in [0.25, 0.3) is 0 Å². The van der Waals surface area contributed by atoms with E-state index in [1.807, 2.05) is 6.07 Å². The molecular formula is C28H36ClN7O. The first-order chi connectivity index (χ1) is 18.0. The van der Waals surface area contributed by atoms with E-state index in [2.05, 4.69) is 52.3 Å². The highest BCUT2D eigenvalue weighted by molar-refractivity contribution is 6.31. The fourth-order valence-electron chi connectivity index (χ4n) is 6.88. The lowest BCUT2D eigenvalue weighted by Gasteiger charge is -2.45. The summed E-state index contributed by atoms with van der Waals surface area (Å²) in [7, 11) is 4.37. The average Bonchev–Trinajstić information content (AvgIpc) is 3.48. The molecule has 4 aliphatic rings. The molecule has 3 atom stereocenters. The molecule has 2 saturated heterocycles. The molecule has 0 bridgehead atoms. The molecule has 1 aromatic carbocycles. The van der Waals surface area contributed by atoms with Gasteiger partial charge in [-0.05, 0) is 63.5 Å². The fourth-order valence-corrected chi connectivity index (χ4v) is 7.25. The third-order valence-electron chi connectivity index (χ3n) is 8.98. The van der Waals surface area contributed by atoms with Gasteiger partial charge in [-0.15, -0.1) is 0 Å². The van der Waals surface area contributed by atoms with Crippen LogP contribution in [-0.4, -0.2) is 78.7 Å². The van der Waals surface area contributed by atoms with E-state index in [1.54, 1.807) is 0 Å². The van der Waals surface area contributed by atoms with Crippen molar-refractivity contribution in [1.29, 1.82) is 5.26 Å². The molecule has 4 heterocycles. The Morgan fingerprint density at radius 2 is 2.16 bits per heavy atom. The van der Waals surface area contributed by atoms with Gasteiger partial charge >= 0.3 is 6.01 Å². The molecule has 1 aromatic heterocycles. The van der Waals surface area contributed by atoms with Crippen LogP contribution >= 0.6 is 11.6 Å². The lowest BCUT2D eigenvalue weighted by Crippen LogP contribution is -2.52. The number of rotatable bonds is 5. The zero-order valence-corrected chi connectivity index (χ0v) is 22.6. The molecule has 6 rings (SSSR count). The standard InChI is InChI=1S/C28H36ClN7O/c1-34-13-4-6-21(34)18-37-27-32-24-15-28(10-8-19-5-3-7-23(29)25(19)28)35(2)17-22(24)26(33-27)36-14-12-31-20(16-36)9-11-30/h3,5,7,20-21,31H,4,6,8-10,12-18H2,1-2H3/t20-,21-,28?/m0/s1. The Hall–Kier alpha value is -2.44. The predicted octanol–water partition coefficient (Wildman–Crippen LogP) is 3.12. The van der Waals surface area contributed by atoms with Crippen LogP contribution in [0.5, 0.6) is 6.01 Å². The Labute approximate surface area is 224 Å². The molecular weight excluding hydrogens is 486 g/mol. The Balaban J connectivity index is 1.37. The Kier molecular flexibility index (Phi) is 6.74. The van der Waals surface area contributed by atoms with Crippen LogP contribution in [0, 0.1) is 11.3 Å². The minimum atomic E-state index is -0.165. The van der Waals surface area contributed by atoms with Gasteiger partial charge in [0.15, 0.2) is 0 Å². The molecule has 0 amide bonds. The van der Waals surface area contributed by atoms with Crippen LogP contribution in [-0.2, 0) is 24.9 Å². The maximum Gasteiger partial charge on any atom is 0.318 e. The number of aromatic nitrogens is 2. The zero-order chi connectivity index (χ0) is 25.6. The molecule has 2 aromatic rings. The van der Waals surface area contributed by atoms with E-state index in [0.29, 0.717) is 25.1 Å². The molecule has 1 spiro atoms. The van der Waals surface area contributed by atoms with E-state index in [9.17, 15) is 5.26 Å². The third-order valence-corrected chi connectivity index (χ3v) is 9.29. The maximum atomic E-state index is 9.29. The number of anilines is 1. The molecule has 3 aliphatic heterocycles. The molecule has 0 radical (unpaired) electrons. The van der Waals surface area contributed by atoms with Gasteiger partial charge in [0.25, 0.3) is 0 Å². The monoisotopic (exact) mass is 521 g/mol. The number of nitriles is 1. The Morgan fingerprint density at radius 3 is 2.97 bits per heavy atom. The maximum absolute atomic E-state index is 9.29. The highest BCUT2D eigenvalue weighted by Gasteiger charge is 2.48. The summed E-state index contributed by atoms with van der Waals surface area (Å²) in [5, 5.41) is 13.6. The number of fused-ring (bicyclic) bond motifs is 3. The van der Waals surface area contributed by atoms with E-state index in [1.165, 1.54) is 23.1 Å². The predicted molar refractivity (Wildman–Crippen MR) is 144 cm³/mol. The molecule has 1 aliphatic carbocycles. The van der Waals surface area contributed by atoms with Gasteiger partial charge in [0, 0.05) is 55.3 Å². The minimum Gasteiger partial charge on any atom is -0.462 e. The van der Waals surface area contributed by atoms with Crippen molar-refractivity contribution in [2.75, 3.05) is 51.8 Å². The van der Waals surface area contributed by atoms with Crippen molar-refractivity contribution in [1.82, 2.24) is 25.1 Å². The summed E-state index contributed by atoms with van der Waals surface area (Å²) in [6.45, 7) is 4.91. The summed E-state index contributed by atoms with van der Waals surface area (Å²) in [4.78, 5) is 17.2. The number of hydrogen-bond donors (Lipinski definition) is 1. The van der Waals surface area contributed by atoms with Crippen LogP contribution < -0.4 is 15.0 Å². The van der Waals surface area contributed by atoms with E-state index >= 15 is 0 Å². The van der Waals surface area contributed by atoms with Crippen LogP contribution in [0.4, 0.5) is 5.82 Å². The number of aryl methyl sites for hydroxylation is 1. The van der Waals surface area contributed by atoms with Crippen molar-refractivity contribution >= 4 is 17.4 Å². The van der Waals surface area contributed by atoms with E-state index in [4.69, 9.17) is 26.3 Å². The van der Waals surface area contributed by atoms with Gasteiger partial charge in [0.1, 0.15) is 12.4 Å². The molecule has 1 unspecified atom stereocenters. The minimum absolute atomic E-state index is 0.133. The number of nitrogens with one attached hydrogen (secondary N) is 1. The van der Waals surface area contributed by atoms with Gasteiger partial charge in [-0.25, -0.2) is 0 Å². The van der Waals surface area contributed by atoms with E-state index < -0.39 is 0 Å². The second-order valence-corrected chi connectivity index (χ2v) is 11.5. The summed E-state index contributed by atoms with van der Waals surface area (Å²) in [6.07, 6.45) is 5.68. The van der Waals surface area contributed by atoms with Crippen molar-refractivity contribution in [2.45, 2.75) is 62.7 Å². The quantitative estimate of drug-likeness (QED) is 0.643. The summed E-state index contributed by atoms with van der Waals surface area (Å²) in [5.74, 6) is 0.961. The van der Waals surface area contributed by atoms with Crippen LogP contribution in [0.2, 0.25) is 5.02 Å². The van der Waals surface area contributed by atoms with Crippen molar-refractivity contribution < 1.29 is 4.74 Å². The second-order valence-electron chi connectivity index (χ2n) is 11.1. The highest BCUT2D eigenvalue weighted by Crippen LogP contribution is 2.50. The summed E-state index contributed by atoms with van der Waals surface area (Å²) in [6, 6.07) is 9.63. The largest absolute Gasteiger partial charge is 0.462 e. The summed E-state index contributed by atoms with van der Waals surface area (Å²) in [5.41, 5.74) is 4.69. The number of piperazine rings is 1. The highest BCUT2D eigenvalue weighted by atomic mass is 35.5. The van der Waals surface area contributed by atoms with Crippen molar-refractivity contribution in [3.05, 3.63) is 45.6 Å². The van der Waals surface area contributed by atoms with Crippen LogP contribution in [0.15, 0.2) is 18.2 Å². The molecule has 1 N–H and O–H groups in total. The zero-order valence-electron chi connectivity index (χ0n) is 21.8.